The molecule has 2 amide bonds. The Bertz CT molecular complexity index is 1160. The Morgan fingerprint density at radius 3 is 2.34 bits per heavy atom. The fourth-order valence-electron chi connectivity index (χ4n) is 5.91. The summed E-state index contributed by atoms with van der Waals surface area (Å²) >= 11 is 0. The molecule has 2 saturated heterocycles. The van der Waals surface area contributed by atoms with E-state index in [0.29, 0.717) is 56.1 Å². The van der Waals surface area contributed by atoms with Gasteiger partial charge in [-0.05, 0) is 49.7 Å². The number of likely N-dealkylation sites (tertiary alicyclic amines) is 2. The Kier molecular flexibility index (Phi) is 6.30. The second-order valence-corrected chi connectivity index (χ2v) is 9.97. The van der Waals surface area contributed by atoms with Gasteiger partial charge < -0.3 is 23.7 Å². The highest BCUT2D eigenvalue weighted by atomic mass is 16.5. The number of nitrogens with zero attached hydrogens (tertiary/aromatic N) is 2. The standard InChI is InChI=1S/C27H32N2O6/c1-33-21-9-5-6-18-16-22(35-23(18)21)25(31)28-13-10-27(11-14-28)12-15-29(17-27)24(30)19-7-3-4-8-20(19)26(32)34-2/h3-6,9,16,19-20H,7-8,10-15,17H2,1-2H3/t19-,20+/m1/s1. The van der Waals surface area contributed by atoms with E-state index >= 15 is 0 Å². The predicted molar refractivity (Wildman–Crippen MR) is 129 cm³/mol. The third kappa shape index (κ3) is 4.30. The van der Waals surface area contributed by atoms with Gasteiger partial charge in [-0.25, -0.2) is 0 Å². The first-order chi connectivity index (χ1) is 16.9. The van der Waals surface area contributed by atoms with Crippen molar-refractivity contribution in [1.29, 1.82) is 0 Å². The molecule has 3 aliphatic rings. The number of ether oxygens (including phenoxy) is 2. The molecule has 0 saturated carbocycles. The minimum atomic E-state index is -0.407. The molecule has 0 N–H and O–H groups in total. The summed E-state index contributed by atoms with van der Waals surface area (Å²) in [6.07, 6.45) is 7.69. The average molecular weight is 481 g/mol. The highest BCUT2D eigenvalue weighted by Crippen LogP contribution is 2.42. The molecule has 0 radical (unpaired) electrons. The minimum Gasteiger partial charge on any atom is -0.493 e. The van der Waals surface area contributed by atoms with Crippen LogP contribution in [0.5, 0.6) is 5.75 Å². The van der Waals surface area contributed by atoms with E-state index in [9.17, 15) is 14.4 Å². The second-order valence-electron chi connectivity index (χ2n) is 9.97. The van der Waals surface area contributed by atoms with E-state index in [4.69, 9.17) is 13.9 Å². The van der Waals surface area contributed by atoms with E-state index in [2.05, 4.69) is 0 Å². The molecule has 186 valence electrons. The van der Waals surface area contributed by atoms with E-state index < -0.39 is 5.92 Å². The lowest BCUT2D eigenvalue weighted by Gasteiger charge is -2.39. The maximum absolute atomic E-state index is 13.3. The van der Waals surface area contributed by atoms with Crippen molar-refractivity contribution in [1.82, 2.24) is 9.80 Å². The first-order valence-corrected chi connectivity index (χ1v) is 12.3. The summed E-state index contributed by atoms with van der Waals surface area (Å²) in [7, 11) is 2.96. The van der Waals surface area contributed by atoms with Gasteiger partial charge in [-0.3, -0.25) is 14.4 Å². The number of fused-ring (bicyclic) bond motifs is 1. The molecule has 1 aliphatic carbocycles. The van der Waals surface area contributed by atoms with Crippen LogP contribution in [0.1, 0.15) is 42.7 Å². The highest BCUT2D eigenvalue weighted by molar-refractivity contribution is 5.97. The van der Waals surface area contributed by atoms with Gasteiger partial charge in [0.25, 0.3) is 5.91 Å². The number of esters is 1. The van der Waals surface area contributed by atoms with Crippen LogP contribution in [-0.4, -0.2) is 68.0 Å². The maximum atomic E-state index is 13.3. The molecule has 35 heavy (non-hydrogen) atoms. The summed E-state index contributed by atoms with van der Waals surface area (Å²) in [5.74, 6) is -0.196. The van der Waals surface area contributed by atoms with Gasteiger partial charge in [-0.2, -0.15) is 0 Å². The summed E-state index contributed by atoms with van der Waals surface area (Å²) in [5, 5.41) is 0.842. The lowest BCUT2D eigenvalue weighted by Crippen LogP contribution is -2.46. The molecule has 0 bridgehead atoms. The van der Waals surface area contributed by atoms with Gasteiger partial charge in [0.2, 0.25) is 5.91 Å². The number of rotatable bonds is 4. The van der Waals surface area contributed by atoms with Crippen LogP contribution in [0.4, 0.5) is 0 Å². The summed E-state index contributed by atoms with van der Waals surface area (Å²) < 4.78 is 16.2. The van der Waals surface area contributed by atoms with E-state index in [-0.39, 0.29) is 29.1 Å². The zero-order chi connectivity index (χ0) is 24.6. The van der Waals surface area contributed by atoms with Crippen LogP contribution in [-0.2, 0) is 14.3 Å². The van der Waals surface area contributed by atoms with Crippen molar-refractivity contribution < 1.29 is 28.3 Å². The quantitative estimate of drug-likeness (QED) is 0.490. The normalized spacial score (nSPS) is 23.6. The lowest BCUT2D eigenvalue weighted by atomic mass is 9.77. The first kappa shape index (κ1) is 23.5. The van der Waals surface area contributed by atoms with E-state index in [1.165, 1.54) is 7.11 Å². The molecule has 1 aromatic heterocycles. The van der Waals surface area contributed by atoms with E-state index in [0.717, 1.165) is 24.6 Å². The molecule has 1 aromatic carbocycles. The Labute approximate surface area is 204 Å². The number of benzene rings is 1. The first-order valence-electron chi connectivity index (χ1n) is 12.3. The Hall–Kier alpha value is -3.29. The van der Waals surface area contributed by atoms with E-state index in [1.54, 1.807) is 13.2 Å². The van der Waals surface area contributed by atoms with Crippen molar-refractivity contribution in [3.8, 4) is 5.75 Å². The van der Waals surface area contributed by atoms with Crippen molar-refractivity contribution in [3.05, 3.63) is 42.2 Å². The molecule has 2 aliphatic heterocycles. The third-order valence-corrected chi connectivity index (χ3v) is 8.05. The zero-order valence-electron chi connectivity index (χ0n) is 20.3. The van der Waals surface area contributed by atoms with Crippen molar-refractivity contribution in [2.75, 3.05) is 40.4 Å². The fourth-order valence-corrected chi connectivity index (χ4v) is 5.91. The zero-order valence-corrected chi connectivity index (χ0v) is 20.3. The van der Waals surface area contributed by atoms with Gasteiger partial charge in [-0.15, -0.1) is 0 Å². The monoisotopic (exact) mass is 480 g/mol. The van der Waals surface area contributed by atoms with Crippen LogP contribution in [0.3, 0.4) is 0 Å². The summed E-state index contributed by atoms with van der Waals surface area (Å²) in [6, 6.07) is 7.37. The Balaban J connectivity index is 1.22. The third-order valence-electron chi connectivity index (χ3n) is 8.05. The summed E-state index contributed by atoms with van der Waals surface area (Å²) in [4.78, 5) is 42.5. The van der Waals surface area contributed by atoms with Crippen molar-refractivity contribution in [2.45, 2.75) is 32.1 Å². The molecular weight excluding hydrogens is 448 g/mol. The number of piperidine rings is 1. The fraction of sp³-hybridized carbons (Fsp3) is 0.519. The van der Waals surface area contributed by atoms with Crippen LogP contribution < -0.4 is 4.74 Å². The summed E-state index contributed by atoms with van der Waals surface area (Å²) in [5.41, 5.74) is 0.606. The van der Waals surface area contributed by atoms with Gasteiger partial charge in [-0.1, -0.05) is 24.3 Å². The molecule has 8 nitrogen and oxygen atoms in total. The van der Waals surface area contributed by atoms with Gasteiger partial charge in [0.1, 0.15) is 0 Å². The largest absolute Gasteiger partial charge is 0.493 e. The number of carbonyl (C=O) groups is 3. The Morgan fingerprint density at radius 2 is 1.66 bits per heavy atom. The molecule has 0 unspecified atom stereocenters. The Morgan fingerprint density at radius 1 is 0.971 bits per heavy atom. The summed E-state index contributed by atoms with van der Waals surface area (Å²) in [6.45, 7) is 2.64. The lowest BCUT2D eigenvalue weighted by molar-refractivity contribution is -0.153. The average Bonchev–Trinajstić information content (AvgIpc) is 3.52. The molecule has 8 heteroatoms. The molecule has 2 atom stereocenters. The van der Waals surface area contributed by atoms with Crippen molar-refractivity contribution in [3.63, 3.8) is 0 Å². The number of hydrogen-bond donors (Lipinski definition) is 0. The van der Waals surface area contributed by atoms with Crippen LogP contribution in [0.2, 0.25) is 0 Å². The van der Waals surface area contributed by atoms with E-state index in [1.807, 2.05) is 40.2 Å². The SMILES string of the molecule is COC(=O)[C@H]1CC=CC[C@H]1C(=O)N1CCC2(CCN(C(=O)c3cc4cccc(OC)c4o3)CC2)C1. The molecule has 5 rings (SSSR count). The second kappa shape index (κ2) is 9.40. The van der Waals surface area contributed by atoms with Crippen LogP contribution in [0.25, 0.3) is 11.0 Å². The van der Waals surface area contributed by atoms with Gasteiger partial charge in [0.15, 0.2) is 17.1 Å². The van der Waals surface area contributed by atoms with Crippen molar-refractivity contribution in [2.24, 2.45) is 17.3 Å². The van der Waals surface area contributed by atoms with Gasteiger partial charge >= 0.3 is 5.97 Å². The highest BCUT2D eigenvalue weighted by Gasteiger charge is 2.46. The predicted octanol–water partition coefficient (Wildman–Crippen LogP) is 3.65. The maximum Gasteiger partial charge on any atom is 0.309 e. The number of furan rings is 1. The molecule has 2 fully saturated rings. The number of carbonyl (C=O) groups excluding carboxylic acids is 3. The molecule has 2 aromatic rings. The minimum absolute atomic E-state index is 0.0226. The smallest absolute Gasteiger partial charge is 0.309 e. The van der Waals surface area contributed by atoms with Crippen molar-refractivity contribution >= 4 is 28.8 Å². The van der Waals surface area contributed by atoms with Crippen LogP contribution in [0.15, 0.2) is 40.8 Å². The number of methoxy groups -OCH3 is 2. The number of allylic oxidation sites excluding steroid dienone is 2. The number of para-hydroxylation sites is 1. The molecule has 1 spiro atoms. The molecular formula is C27H32N2O6. The van der Waals surface area contributed by atoms with Crippen LogP contribution >= 0.6 is 0 Å². The van der Waals surface area contributed by atoms with Gasteiger partial charge in [0, 0.05) is 31.6 Å². The topological polar surface area (TPSA) is 89.3 Å². The van der Waals surface area contributed by atoms with Crippen LogP contribution in [0, 0.1) is 17.3 Å². The van der Waals surface area contributed by atoms with Gasteiger partial charge in [0.05, 0.1) is 26.1 Å². The molecule has 3 heterocycles. The number of hydrogen-bond acceptors (Lipinski definition) is 6. The number of amides is 2.